The van der Waals surface area contributed by atoms with E-state index in [-0.39, 0.29) is 5.82 Å². The van der Waals surface area contributed by atoms with E-state index >= 15 is 0 Å². The van der Waals surface area contributed by atoms with E-state index in [0.29, 0.717) is 12.1 Å². The van der Waals surface area contributed by atoms with E-state index in [1.54, 1.807) is 17.0 Å². The highest BCUT2D eigenvalue weighted by atomic mass is 19.1. The molecule has 0 radical (unpaired) electrons. The fraction of sp³-hybridized carbons (Fsp3) is 0.400. The number of quaternary nitrogens is 2. The summed E-state index contributed by atoms with van der Waals surface area (Å²) in [7, 11) is 0. The van der Waals surface area contributed by atoms with E-state index in [9.17, 15) is 4.39 Å². The van der Waals surface area contributed by atoms with Crippen LogP contribution < -0.4 is 10.2 Å². The number of hydrogen-bond acceptors (Lipinski definition) is 0. The third-order valence-electron chi connectivity index (χ3n) is 4.99. The molecular formula is C20H27FN2+2. The molecule has 0 amide bonds. The summed E-state index contributed by atoms with van der Waals surface area (Å²) in [5.41, 5.74) is 2.65. The quantitative estimate of drug-likeness (QED) is 0.838. The second-order valence-corrected chi connectivity index (χ2v) is 6.78. The van der Waals surface area contributed by atoms with Crippen molar-refractivity contribution in [1.29, 1.82) is 0 Å². The van der Waals surface area contributed by atoms with Crippen LogP contribution >= 0.6 is 0 Å². The highest BCUT2D eigenvalue weighted by Crippen LogP contribution is 2.10. The van der Waals surface area contributed by atoms with Gasteiger partial charge >= 0.3 is 0 Å². The molecule has 0 spiro atoms. The van der Waals surface area contributed by atoms with Gasteiger partial charge in [0, 0.05) is 24.0 Å². The maximum atomic E-state index is 13.0. The summed E-state index contributed by atoms with van der Waals surface area (Å²) in [6, 6.07) is 18.8. The molecule has 1 atom stereocenters. The Morgan fingerprint density at radius 3 is 2.35 bits per heavy atom. The summed E-state index contributed by atoms with van der Waals surface area (Å²) in [6.07, 6.45) is 2.52. The molecule has 1 heterocycles. The second kappa shape index (κ2) is 7.71. The molecule has 2 aromatic carbocycles. The first-order chi connectivity index (χ1) is 11.2. The number of likely N-dealkylation sites (tertiary alicyclic amines) is 1. The smallest absolute Gasteiger partial charge is 0.123 e. The van der Waals surface area contributed by atoms with Gasteiger partial charge in [0.05, 0.1) is 19.1 Å². The minimum atomic E-state index is -0.154. The van der Waals surface area contributed by atoms with Crippen LogP contribution in [0.4, 0.5) is 4.39 Å². The normalized spacial score (nSPS) is 22.7. The van der Waals surface area contributed by atoms with E-state index in [2.05, 4.69) is 42.6 Å². The van der Waals surface area contributed by atoms with Gasteiger partial charge in [-0.25, -0.2) is 4.39 Å². The standard InChI is InChI=1S/C20H25FN2/c1-16(18-7-9-19(21)10-8-18)22-20-11-13-23(14-12-20)15-17-5-3-2-4-6-17/h2-10,16,20,22H,11-15H2,1H3/p+2/t16-/m1/s1. The second-order valence-electron chi connectivity index (χ2n) is 6.78. The lowest BCUT2D eigenvalue weighted by molar-refractivity contribution is -0.927. The average molecular weight is 314 g/mol. The number of nitrogens with one attached hydrogen (secondary N) is 1. The third kappa shape index (κ3) is 4.63. The molecule has 0 saturated carbocycles. The Bertz CT molecular complexity index is 589. The third-order valence-corrected chi connectivity index (χ3v) is 4.99. The number of benzene rings is 2. The van der Waals surface area contributed by atoms with Crippen molar-refractivity contribution in [3.63, 3.8) is 0 Å². The number of halogens is 1. The Hall–Kier alpha value is -1.71. The lowest BCUT2D eigenvalue weighted by Gasteiger charge is -2.29. The van der Waals surface area contributed by atoms with Crippen LogP contribution in [0.5, 0.6) is 0 Å². The summed E-state index contributed by atoms with van der Waals surface area (Å²) in [6.45, 7) is 5.84. The van der Waals surface area contributed by atoms with Gasteiger partial charge in [0.15, 0.2) is 0 Å². The van der Waals surface area contributed by atoms with Gasteiger partial charge in [-0.1, -0.05) is 42.5 Å². The lowest BCUT2D eigenvalue weighted by atomic mass is 10.0. The van der Waals surface area contributed by atoms with Crippen LogP contribution in [-0.4, -0.2) is 19.1 Å². The zero-order chi connectivity index (χ0) is 16.1. The molecule has 1 aliphatic heterocycles. The molecule has 2 aromatic rings. The predicted molar refractivity (Wildman–Crippen MR) is 90.6 cm³/mol. The van der Waals surface area contributed by atoms with Crippen molar-refractivity contribution in [3.8, 4) is 0 Å². The van der Waals surface area contributed by atoms with E-state index < -0.39 is 0 Å². The van der Waals surface area contributed by atoms with Crippen LogP contribution in [0, 0.1) is 5.82 Å². The molecule has 0 bridgehead atoms. The maximum Gasteiger partial charge on any atom is 0.123 e. The monoisotopic (exact) mass is 314 g/mol. The van der Waals surface area contributed by atoms with E-state index in [1.807, 2.05) is 12.1 Å². The van der Waals surface area contributed by atoms with Crippen LogP contribution in [0.3, 0.4) is 0 Å². The van der Waals surface area contributed by atoms with Gasteiger partial charge in [0.1, 0.15) is 18.4 Å². The van der Waals surface area contributed by atoms with Crippen molar-refractivity contribution in [2.75, 3.05) is 13.1 Å². The molecule has 0 unspecified atom stereocenters. The van der Waals surface area contributed by atoms with Crippen molar-refractivity contribution in [1.82, 2.24) is 0 Å². The molecule has 3 heteroatoms. The Kier molecular flexibility index (Phi) is 5.42. The van der Waals surface area contributed by atoms with Crippen molar-refractivity contribution in [2.45, 2.75) is 38.4 Å². The summed E-state index contributed by atoms with van der Waals surface area (Å²) in [5.74, 6) is -0.154. The van der Waals surface area contributed by atoms with Gasteiger partial charge in [-0.2, -0.15) is 0 Å². The minimum absolute atomic E-state index is 0.154. The summed E-state index contributed by atoms with van der Waals surface area (Å²) >= 11 is 0. The molecule has 23 heavy (non-hydrogen) atoms. The average Bonchev–Trinajstić information content (AvgIpc) is 2.58. The highest BCUT2D eigenvalue weighted by Gasteiger charge is 2.26. The number of piperidine rings is 1. The SMILES string of the molecule is C[C@@H]([NH2+]C1CC[NH+](Cc2ccccc2)CC1)c1ccc(F)cc1. The van der Waals surface area contributed by atoms with Crippen molar-refractivity contribution < 1.29 is 14.6 Å². The van der Waals surface area contributed by atoms with Gasteiger partial charge in [0.2, 0.25) is 0 Å². The zero-order valence-electron chi connectivity index (χ0n) is 13.8. The van der Waals surface area contributed by atoms with Crippen LogP contribution in [-0.2, 0) is 6.54 Å². The molecule has 122 valence electrons. The van der Waals surface area contributed by atoms with E-state index in [1.165, 1.54) is 37.1 Å². The fourth-order valence-corrected chi connectivity index (χ4v) is 3.59. The number of hydrogen-bond donors (Lipinski definition) is 2. The summed E-state index contributed by atoms with van der Waals surface area (Å²) in [5, 5.41) is 2.46. The van der Waals surface area contributed by atoms with Gasteiger partial charge in [0.25, 0.3) is 0 Å². The molecule has 1 fully saturated rings. The first-order valence-electron chi connectivity index (χ1n) is 8.68. The Morgan fingerprint density at radius 1 is 1.04 bits per heavy atom. The van der Waals surface area contributed by atoms with Crippen LogP contribution in [0.1, 0.15) is 36.9 Å². The van der Waals surface area contributed by atoms with Crippen molar-refractivity contribution in [2.24, 2.45) is 0 Å². The first-order valence-corrected chi connectivity index (χ1v) is 8.68. The number of rotatable bonds is 5. The summed E-state index contributed by atoms with van der Waals surface area (Å²) in [4.78, 5) is 1.69. The largest absolute Gasteiger partial charge is 0.337 e. The highest BCUT2D eigenvalue weighted by molar-refractivity contribution is 5.17. The topological polar surface area (TPSA) is 21.1 Å². The molecule has 0 aliphatic carbocycles. The van der Waals surface area contributed by atoms with Crippen LogP contribution in [0.25, 0.3) is 0 Å². The maximum absolute atomic E-state index is 13.0. The Morgan fingerprint density at radius 2 is 1.70 bits per heavy atom. The van der Waals surface area contributed by atoms with E-state index in [0.717, 1.165) is 6.54 Å². The van der Waals surface area contributed by atoms with Gasteiger partial charge < -0.3 is 10.2 Å². The van der Waals surface area contributed by atoms with Crippen molar-refractivity contribution in [3.05, 3.63) is 71.5 Å². The van der Waals surface area contributed by atoms with Gasteiger partial charge in [-0.15, -0.1) is 0 Å². The zero-order valence-corrected chi connectivity index (χ0v) is 13.8. The van der Waals surface area contributed by atoms with E-state index in [4.69, 9.17) is 0 Å². The van der Waals surface area contributed by atoms with Crippen LogP contribution in [0.2, 0.25) is 0 Å². The fourth-order valence-electron chi connectivity index (χ4n) is 3.59. The number of nitrogens with two attached hydrogens (primary N) is 1. The Balaban J connectivity index is 1.46. The van der Waals surface area contributed by atoms with Crippen LogP contribution in [0.15, 0.2) is 54.6 Å². The first kappa shape index (κ1) is 16.2. The minimum Gasteiger partial charge on any atom is -0.337 e. The molecule has 1 aliphatic rings. The van der Waals surface area contributed by atoms with Gasteiger partial charge in [-0.05, 0) is 19.1 Å². The molecule has 0 aromatic heterocycles. The molecular weight excluding hydrogens is 287 g/mol. The molecule has 2 nitrogen and oxygen atoms in total. The van der Waals surface area contributed by atoms with Gasteiger partial charge in [-0.3, -0.25) is 0 Å². The molecule has 1 saturated heterocycles. The van der Waals surface area contributed by atoms with Crippen molar-refractivity contribution >= 4 is 0 Å². The Labute approximate surface area is 138 Å². The predicted octanol–water partition coefficient (Wildman–Crippen LogP) is 1.70. The molecule has 3 rings (SSSR count). The molecule has 3 N–H and O–H groups in total. The lowest BCUT2D eigenvalue weighted by Crippen LogP contribution is -3.13. The summed E-state index contributed by atoms with van der Waals surface area (Å²) < 4.78 is 13.0.